The fraction of sp³-hybridized carbons (Fsp3) is 0.688. The lowest BCUT2D eigenvalue weighted by atomic mass is 10.0. The zero-order valence-electron chi connectivity index (χ0n) is 12.7. The van der Waals surface area contributed by atoms with E-state index in [1.165, 1.54) is 0 Å². The molecule has 0 bridgehead atoms. The third kappa shape index (κ3) is 2.51. The average Bonchev–Trinajstić information content (AvgIpc) is 3.09. The molecule has 0 spiro atoms. The number of likely N-dealkylation sites (tertiary alicyclic amines) is 2. The first-order chi connectivity index (χ1) is 10.7. The smallest absolute Gasteiger partial charge is 0.228 e. The van der Waals surface area contributed by atoms with Crippen LogP contribution in [-0.4, -0.2) is 57.1 Å². The number of carbonyl (C=O) groups is 2. The van der Waals surface area contributed by atoms with E-state index < -0.39 is 0 Å². The van der Waals surface area contributed by atoms with Crippen LogP contribution in [0.3, 0.4) is 0 Å². The van der Waals surface area contributed by atoms with Crippen LogP contribution in [0.4, 0.5) is 0 Å². The highest BCUT2D eigenvalue weighted by Crippen LogP contribution is 2.33. The van der Waals surface area contributed by atoms with E-state index in [4.69, 9.17) is 0 Å². The van der Waals surface area contributed by atoms with E-state index in [0.717, 1.165) is 32.2 Å². The average molecular weight is 302 g/mol. The molecule has 2 atom stereocenters. The summed E-state index contributed by atoms with van der Waals surface area (Å²) in [6, 6.07) is 2.61. The van der Waals surface area contributed by atoms with Crippen LogP contribution in [-0.2, 0) is 9.59 Å². The van der Waals surface area contributed by atoms with Crippen molar-refractivity contribution in [2.24, 2.45) is 5.92 Å². The molecule has 3 heterocycles. The molecule has 118 valence electrons. The van der Waals surface area contributed by atoms with E-state index in [1.54, 1.807) is 6.20 Å². The van der Waals surface area contributed by atoms with Gasteiger partial charge in [0.1, 0.15) is 0 Å². The largest absolute Gasteiger partial charge is 0.340 e. The Morgan fingerprint density at radius 3 is 2.77 bits per heavy atom. The topological polar surface area (TPSA) is 58.4 Å². The van der Waals surface area contributed by atoms with Crippen LogP contribution >= 0.6 is 0 Å². The second-order valence-electron chi connectivity index (χ2n) is 6.74. The number of aromatic nitrogens is 2. The summed E-state index contributed by atoms with van der Waals surface area (Å²) in [4.78, 5) is 28.7. The molecule has 1 aromatic heterocycles. The lowest BCUT2D eigenvalue weighted by Crippen LogP contribution is -2.44. The standard InChI is InChI=1S/C16H22N4O2/c21-15-9-12(10-19(15)13-4-5-13)16(22)18-7-1-3-14(11-18)20-8-2-6-17-20/h2,6,8,12-14H,1,3-5,7,9-11H2/t12-,14-/m1/s1. The summed E-state index contributed by atoms with van der Waals surface area (Å²) in [6.07, 6.45) is 8.43. The number of amides is 2. The minimum absolute atomic E-state index is 0.135. The minimum Gasteiger partial charge on any atom is -0.340 e. The van der Waals surface area contributed by atoms with E-state index in [2.05, 4.69) is 5.10 Å². The fourth-order valence-electron chi connectivity index (χ4n) is 3.76. The Balaban J connectivity index is 1.41. The number of carbonyl (C=O) groups excluding carboxylic acids is 2. The zero-order valence-corrected chi connectivity index (χ0v) is 12.7. The Morgan fingerprint density at radius 1 is 1.18 bits per heavy atom. The normalized spacial score (nSPS) is 29.2. The van der Waals surface area contributed by atoms with Gasteiger partial charge in [0.15, 0.2) is 0 Å². The van der Waals surface area contributed by atoms with Crippen molar-refractivity contribution in [2.75, 3.05) is 19.6 Å². The SMILES string of the molecule is O=C([C@@H]1CC(=O)N(C2CC2)C1)N1CCC[C@@H](n2cccn2)C1. The molecular weight excluding hydrogens is 280 g/mol. The summed E-state index contributed by atoms with van der Waals surface area (Å²) in [6.45, 7) is 2.16. The molecule has 3 fully saturated rings. The predicted octanol–water partition coefficient (Wildman–Crippen LogP) is 1.06. The van der Waals surface area contributed by atoms with Crippen molar-refractivity contribution in [2.45, 2.75) is 44.2 Å². The Bertz CT molecular complexity index is 567. The van der Waals surface area contributed by atoms with Crippen molar-refractivity contribution >= 4 is 11.8 Å². The summed E-state index contributed by atoms with van der Waals surface area (Å²) in [5, 5.41) is 4.30. The molecule has 0 aromatic carbocycles. The zero-order chi connectivity index (χ0) is 15.1. The van der Waals surface area contributed by atoms with Gasteiger partial charge in [-0.15, -0.1) is 0 Å². The van der Waals surface area contributed by atoms with Crippen molar-refractivity contribution in [3.8, 4) is 0 Å². The molecule has 1 aromatic rings. The highest BCUT2D eigenvalue weighted by molar-refractivity contribution is 5.89. The monoisotopic (exact) mass is 302 g/mol. The van der Waals surface area contributed by atoms with Crippen LogP contribution in [0.5, 0.6) is 0 Å². The summed E-state index contributed by atoms with van der Waals surface area (Å²) < 4.78 is 1.95. The number of rotatable bonds is 3. The van der Waals surface area contributed by atoms with E-state index in [0.29, 0.717) is 25.6 Å². The fourth-order valence-corrected chi connectivity index (χ4v) is 3.76. The second kappa shape index (κ2) is 5.41. The van der Waals surface area contributed by atoms with Gasteiger partial charge in [0.2, 0.25) is 11.8 Å². The molecule has 0 N–H and O–H groups in total. The van der Waals surface area contributed by atoms with Crippen molar-refractivity contribution in [3.05, 3.63) is 18.5 Å². The molecule has 2 saturated heterocycles. The molecule has 1 saturated carbocycles. The van der Waals surface area contributed by atoms with Gasteiger partial charge < -0.3 is 9.80 Å². The van der Waals surface area contributed by atoms with Crippen LogP contribution in [0.15, 0.2) is 18.5 Å². The van der Waals surface area contributed by atoms with E-state index in [9.17, 15) is 9.59 Å². The highest BCUT2D eigenvalue weighted by Gasteiger charge is 2.43. The third-order valence-electron chi connectivity index (χ3n) is 5.10. The van der Waals surface area contributed by atoms with E-state index in [1.807, 2.05) is 26.7 Å². The molecule has 2 amide bonds. The van der Waals surface area contributed by atoms with Crippen LogP contribution in [0.1, 0.15) is 38.1 Å². The van der Waals surface area contributed by atoms with Crippen molar-refractivity contribution < 1.29 is 9.59 Å². The number of hydrogen-bond donors (Lipinski definition) is 0. The summed E-state index contributed by atoms with van der Waals surface area (Å²) >= 11 is 0. The summed E-state index contributed by atoms with van der Waals surface area (Å²) in [7, 11) is 0. The molecular formula is C16H22N4O2. The molecule has 2 aliphatic heterocycles. The number of nitrogens with zero attached hydrogens (tertiary/aromatic N) is 4. The first-order valence-electron chi connectivity index (χ1n) is 8.30. The van der Waals surface area contributed by atoms with E-state index >= 15 is 0 Å². The molecule has 0 unspecified atom stereocenters. The maximum Gasteiger partial charge on any atom is 0.228 e. The molecule has 6 nitrogen and oxygen atoms in total. The Labute approximate surface area is 130 Å². The van der Waals surface area contributed by atoms with Gasteiger partial charge in [-0.1, -0.05) is 0 Å². The molecule has 0 radical (unpaired) electrons. The van der Waals surface area contributed by atoms with Crippen molar-refractivity contribution in [1.82, 2.24) is 19.6 Å². The third-order valence-corrected chi connectivity index (χ3v) is 5.10. The van der Waals surface area contributed by atoms with Gasteiger partial charge in [0.05, 0.1) is 12.0 Å². The van der Waals surface area contributed by atoms with Gasteiger partial charge in [-0.25, -0.2) is 0 Å². The van der Waals surface area contributed by atoms with Crippen molar-refractivity contribution in [1.29, 1.82) is 0 Å². The van der Waals surface area contributed by atoms with Crippen molar-refractivity contribution in [3.63, 3.8) is 0 Å². The van der Waals surface area contributed by atoms with Gasteiger partial charge in [-0.2, -0.15) is 5.10 Å². The number of hydrogen-bond acceptors (Lipinski definition) is 3. The first kappa shape index (κ1) is 13.8. The van der Waals surface area contributed by atoms with E-state index in [-0.39, 0.29) is 23.8 Å². The quantitative estimate of drug-likeness (QED) is 0.839. The van der Waals surface area contributed by atoms with Crippen LogP contribution in [0.2, 0.25) is 0 Å². The van der Waals surface area contributed by atoms with Gasteiger partial charge >= 0.3 is 0 Å². The predicted molar refractivity (Wildman–Crippen MR) is 79.9 cm³/mol. The number of piperidine rings is 1. The Hall–Kier alpha value is -1.85. The highest BCUT2D eigenvalue weighted by atomic mass is 16.2. The maximum absolute atomic E-state index is 12.8. The molecule has 3 aliphatic rings. The molecule has 4 rings (SSSR count). The lowest BCUT2D eigenvalue weighted by Gasteiger charge is -2.34. The summed E-state index contributed by atoms with van der Waals surface area (Å²) in [5.74, 6) is 0.194. The maximum atomic E-state index is 12.8. The van der Waals surface area contributed by atoms with Gasteiger partial charge in [-0.3, -0.25) is 14.3 Å². The molecule has 6 heteroatoms. The van der Waals surface area contributed by atoms with Crippen LogP contribution in [0.25, 0.3) is 0 Å². The van der Waals surface area contributed by atoms with Gasteiger partial charge in [-0.05, 0) is 31.7 Å². The molecule has 22 heavy (non-hydrogen) atoms. The Morgan fingerprint density at radius 2 is 2.05 bits per heavy atom. The second-order valence-corrected chi connectivity index (χ2v) is 6.74. The van der Waals surface area contributed by atoms with Gasteiger partial charge in [0, 0.05) is 44.5 Å². The summed E-state index contributed by atoms with van der Waals surface area (Å²) in [5.41, 5.74) is 0. The first-order valence-corrected chi connectivity index (χ1v) is 8.30. The lowest BCUT2D eigenvalue weighted by molar-refractivity contribution is -0.137. The van der Waals surface area contributed by atoms with Gasteiger partial charge in [0.25, 0.3) is 0 Å². The van der Waals surface area contributed by atoms with Crippen LogP contribution in [0, 0.1) is 5.92 Å². The minimum atomic E-state index is -0.135. The van der Waals surface area contributed by atoms with Crippen LogP contribution < -0.4 is 0 Å². The Kier molecular flexibility index (Phi) is 3.39. The molecule has 1 aliphatic carbocycles.